The summed E-state index contributed by atoms with van der Waals surface area (Å²) in [5, 5.41) is 0. The number of benzene rings is 1. The van der Waals surface area contributed by atoms with Crippen molar-refractivity contribution in [2.24, 2.45) is 11.1 Å². The first-order chi connectivity index (χ1) is 9.94. The molecule has 0 heterocycles. The van der Waals surface area contributed by atoms with Crippen molar-refractivity contribution in [3.05, 3.63) is 47.5 Å². The maximum absolute atomic E-state index is 5.69. The molecule has 114 valence electrons. The highest BCUT2D eigenvalue weighted by Gasteiger charge is 2.03. The van der Waals surface area contributed by atoms with Gasteiger partial charge in [-0.15, -0.1) is 0 Å². The third-order valence-corrected chi connectivity index (χ3v) is 3.09. The SMILES string of the molecule is CCN(C/C=C/C#CC(C)(C)C)Cc1cccc(CN)c1. The molecule has 0 unspecified atom stereocenters. The number of allylic oxidation sites excluding steroid dienone is 1. The molecule has 2 heteroatoms. The molecule has 21 heavy (non-hydrogen) atoms. The Labute approximate surface area is 130 Å². The highest BCUT2D eigenvalue weighted by Crippen LogP contribution is 2.10. The van der Waals surface area contributed by atoms with E-state index >= 15 is 0 Å². The Morgan fingerprint density at radius 2 is 1.95 bits per heavy atom. The van der Waals surface area contributed by atoms with E-state index in [9.17, 15) is 0 Å². The second-order valence-corrected chi connectivity index (χ2v) is 6.27. The van der Waals surface area contributed by atoms with E-state index in [1.165, 1.54) is 11.1 Å². The van der Waals surface area contributed by atoms with Gasteiger partial charge in [-0.05, 0) is 44.5 Å². The molecule has 0 aromatic heterocycles. The summed E-state index contributed by atoms with van der Waals surface area (Å²) in [4.78, 5) is 2.38. The fraction of sp³-hybridized carbons (Fsp3) is 0.474. The van der Waals surface area contributed by atoms with Crippen molar-refractivity contribution < 1.29 is 0 Å². The number of nitrogens with zero attached hydrogens (tertiary/aromatic N) is 1. The van der Waals surface area contributed by atoms with Gasteiger partial charge in [0.05, 0.1) is 0 Å². The molecule has 0 radical (unpaired) electrons. The molecule has 0 aliphatic carbocycles. The molecule has 1 aromatic rings. The Morgan fingerprint density at radius 1 is 1.24 bits per heavy atom. The fourth-order valence-electron chi connectivity index (χ4n) is 1.94. The van der Waals surface area contributed by atoms with Gasteiger partial charge in [0.25, 0.3) is 0 Å². The first-order valence-corrected chi connectivity index (χ1v) is 7.62. The predicted octanol–water partition coefficient (Wildman–Crippen LogP) is 3.57. The number of likely N-dealkylation sites (N-methyl/N-ethyl adjacent to an activating group) is 1. The first-order valence-electron chi connectivity index (χ1n) is 7.62. The topological polar surface area (TPSA) is 29.3 Å². The molecule has 0 atom stereocenters. The molecular formula is C19H28N2. The average Bonchev–Trinajstić information content (AvgIpc) is 2.44. The van der Waals surface area contributed by atoms with Gasteiger partial charge in [-0.1, -0.05) is 49.1 Å². The van der Waals surface area contributed by atoms with E-state index < -0.39 is 0 Å². The smallest absolute Gasteiger partial charge is 0.0237 e. The van der Waals surface area contributed by atoms with Crippen LogP contribution in [0.5, 0.6) is 0 Å². The third-order valence-electron chi connectivity index (χ3n) is 3.09. The van der Waals surface area contributed by atoms with Crippen LogP contribution in [-0.2, 0) is 13.1 Å². The molecular weight excluding hydrogens is 256 g/mol. The maximum atomic E-state index is 5.69. The van der Waals surface area contributed by atoms with Gasteiger partial charge in [-0.2, -0.15) is 0 Å². The Hall–Kier alpha value is -1.56. The molecule has 0 fully saturated rings. The van der Waals surface area contributed by atoms with Crippen molar-refractivity contribution in [2.45, 2.75) is 40.8 Å². The van der Waals surface area contributed by atoms with Gasteiger partial charge in [0.2, 0.25) is 0 Å². The van der Waals surface area contributed by atoms with Crippen molar-refractivity contribution in [3.8, 4) is 11.8 Å². The largest absolute Gasteiger partial charge is 0.326 e. The van der Waals surface area contributed by atoms with Gasteiger partial charge in [-0.25, -0.2) is 0 Å². The van der Waals surface area contributed by atoms with Crippen molar-refractivity contribution >= 4 is 0 Å². The number of hydrogen-bond acceptors (Lipinski definition) is 2. The van der Waals surface area contributed by atoms with E-state index in [1.54, 1.807) is 0 Å². The molecule has 0 aliphatic rings. The molecule has 1 aromatic carbocycles. The van der Waals surface area contributed by atoms with Crippen LogP contribution in [0.1, 0.15) is 38.8 Å². The third kappa shape index (κ3) is 7.70. The average molecular weight is 284 g/mol. The lowest BCUT2D eigenvalue weighted by Crippen LogP contribution is -2.22. The second-order valence-electron chi connectivity index (χ2n) is 6.27. The van der Waals surface area contributed by atoms with E-state index in [0.29, 0.717) is 6.54 Å². The fourth-order valence-corrected chi connectivity index (χ4v) is 1.94. The number of hydrogen-bond donors (Lipinski definition) is 1. The van der Waals surface area contributed by atoms with Crippen LogP contribution in [0.25, 0.3) is 0 Å². The van der Waals surface area contributed by atoms with Crippen LogP contribution in [0, 0.1) is 17.3 Å². The van der Waals surface area contributed by atoms with Crippen molar-refractivity contribution in [1.29, 1.82) is 0 Å². The van der Waals surface area contributed by atoms with E-state index in [-0.39, 0.29) is 5.41 Å². The van der Waals surface area contributed by atoms with Crippen LogP contribution in [0.2, 0.25) is 0 Å². The lowest BCUT2D eigenvalue weighted by atomic mass is 9.98. The minimum atomic E-state index is 0.0669. The van der Waals surface area contributed by atoms with Crippen molar-refractivity contribution in [1.82, 2.24) is 4.90 Å². The van der Waals surface area contributed by atoms with E-state index in [0.717, 1.165) is 19.6 Å². The number of rotatable bonds is 6. The van der Waals surface area contributed by atoms with Crippen LogP contribution in [0.4, 0.5) is 0 Å². The van der Waals surface area contributed by atoms with Gasteiger partial charge in [0.1, 0.15) is 0 Å². The molecule has 2 nitrogen and oxygen atoms in total. The highest BCUT2D eigenvalue weighted by atomic mass is 15.1. The van der Waals surface area contributed by atoms with E-state index in [2.05, 4.69) is 74.8 Å². The Bertz CT molecular complexity index is 512. The highest BCUT2D eigenvalue weighted by molar-refractivity contribution is 5.23. The second kappa shape index (κ2) is 8.67. The summed E-state index contributed by atoms with van der Waals surface area (Å²) in [6, 6.07) is 8.49. The monoisotopic (exact) mass is 284 g/mol. The summed E-state index contributed by atoms with van der Waals surface area (Å²) >= 11 is 0. The zero-order valence-electron chi connectivity index (χ0n) is 13.8. The van der Waals surface area contributed by atoms with Gasteiger partial charge in [-0.3, -0.25) is 4.90 Å². The molecule has 0 aliphatic heterocycles. The first kappa shape index (κ1) is 17.5. The molecule has 0 saturated carbocycles. The van der Waals surface area contributed by atoms with E-state index in [1.807, 2.05) is 6.08 Å². The molecule has 0 amide bonds. The quantitative estimate of drug-likeness (QED) is 0.809. The summed E-state index contributed by atoms with van der Waals surface area (Å²) in [6.07, 6.45) is 4.10. The minimum absolute atomic E-state index is 0.0669. The molecule has 0 bridgehead atoms. The lowest BCUT2D eigenvalue weighted by molar-refractivity contribution is 0.311. The molecule has 0 saturated heterocycles. The number of nitrogens with two attached hydrogens (primary N) is 1. The van der Waals surface area contributed by atoms with Crippen LogP contribution in [-0.4, -0.2) is 18.0 Å². The van der Waals surface area contributed by atoms with Crippen molar-refractivity contribution in [3.63, 3.8) is 0 Å². The molecule has 0 spiro atoms. The summed E-state index contributed by atoms with van der Waals surface area (Å²) < 4.78 is 0. The van der Waals surface area contributed by atoms with Gasteiger partial charge >= 0.3 is 0 Å². The molecule has 1 rings (SSSR count). The normalized spacial score (nSPS) is 11.7. The van der Waals surface area contributed by atoms with Crippen LogP contribution in [0.15, 0.2) is 36.4 Å². The van der Waals surface area contributed by atoms with Crippen LogP contribution in [0.3, 0.4) is 0 Å². The van der Waals surface area contributed by atoms with Gasteiger partial charge < -0.3 is 5.73 Å². The van der Waals surface area contributed by atoms with Gasteiger partial charge in [0, 0.05) is 25.0 Å². The standard InChI is InChI=1S/C19H28N2/c1-5-21(13-8-6-7-12-19(2,3)4)16-18-11-9-10-17(14-18)15-20/h6,8-11,14H,5,13,15-16,20H2,1-4H3/b8-6+. The zero-order valence-corrected chi connectivity index (χ0v) is 13.8. The lowest BCUT2D eigenvalue weighted by Gasteiger charge is -2.18. The molecule has 2 N–H and O–H groups in total. The Balaban J connectivity index is 2.55. The summed E-state index contributed by atoms with van der Waals surface area (Å²) in [7, 11) is 0. The zero-order chi connectivity index (χ0) is 15.7. The van der Waals surface area contributed by atoms with Crippen molar-refractivity contribution in [2.75, 3.05) is 13.1 Å². The van der Waals surface area contributed by atoms with Crippen LogP contribution < -0.4 is 5.73 Å². The van der Waals surface area contributed by atoms with Crippen LogP contribution >= 0.6 is 0 Å². The summed E-state index contributed by atoms with van der Waals surface area (Å²) in [5.41, 5.74) is 8.26. The Morgan fingerprint density at radius 3 is 2.57 bits per heavy atom. The van der Waals surface area contributed by atoms with E-state index in [4.69, 9.17) is 5.73 Å². The summed E-state index contributed by atoms with van der Waals surface area (Å²) in [6.45, 7) is 12.0. The maximum Gasteiger partial charge on any atom is 0.0237 e. The Kier molecular flexibility index (Phi) is 7.22. The predicted molar refractivity (Wildman–Crippen MR) is 91.7 cm³/mol. The van der Waals surface area contributed by atoms with Gasteiger partial charge in [0.15, 0.2) is 0 Å². The summed E-state index contributed by atoms with van der Waals surface area (Å²) in [5.74, 6) is 6.32. The minimum Gasteiger partial charge on any atom is -0.326 e.